The number of hydrogen-bond donors (Lipinski definition) is 1. The van der Waals surface area contributed by atoms with Crippen LogP contribution in [0, 0.1) is 34.0 Å². The highest BCUT2D eigenvalue weighted by Gasteiger charge is 2.71. The molecule has 4 nitrogen and oxygen atoms in total. The van der Waals surface area contributed by atoms with Crippen LogP contribution in [0.1, 0.15) is 85.5 Å². The SMILES string of the molecule is C=C1C(=O)[C@@]23CC[C@H]4[C@@](C)(CCC[C@@]4(C)C(=O)OCCC(C)C)[C@@H]2CC[C@]1(O)C3. The summed E-state index contributed by atoms with van der Waals surface area (Å²) in [7, 11) is 0. The monoisotopic (exact) mass is 402 g/mol. The van der Waals surface area contributed by atoms with Gasteiger partial charge >= 0.3 is 5.97 Å². The molecule has 2 bridgehead atoms. The summed E-state index contributed by atoms with van der Waals surface area (Å²) in [6.45, 7) is 13.2. The van der Waals surface area contributed by atoms with Crippen molar-refractivity contribution in [3.63, 3.8) is 0 Å². The molecule has 0 heterocycles. The Morgan fingerprint density at radius 1 is 1.17 bits per heavy atom. The third kappa shape index (κ3) is 2.80. The molecule has 0 unspecified atom stereocenters. The molecule has 6 atom stereocenters. The number of esters is 1. The molecule has 4 saturated carbocycles. The van der Waals surface area contributed by atoms with Crippen molar-refractivity contribution in [1.29, 1.82) is 0 Å². The summed E-state index contributed by atoms with van der Waals surface area (Å²) in [5.41, 5.74) is -1.56. The Morgan fingerprint density at radius 2 is 1.86 bits per heavy atom. The Hall–Kier alpha value is -1.16. The lowest BCUT2D eigenvalue weighted by atomic mass is 9.40. The van der Waals surface area contributed by atoms with Crippen LogP contribution >= 0.6 is 0 Å². The van der Waals surface area contributed by atoms with Crippen LogP contribution in [-0.4, -0.2) is 29.1 Å². The first-order chi connectivity index (χ1) is 13.5. The van der Waals surface area contributed by atoms with Gasteiger partial charge in [-0.3, -0.25) is 9.59 Å². The summed E-state index contributed by atoms with van der Waals surface area (Å²) in [4.78, 5) is 26.6. The van der Waals surface area contributed by atoms with E-state index < -0.39 is 16.4 Å². The molecule has 0 aliphatic heterocycles. The maximum atomic E-state index is 13.3. The Kier molecular flexibility index (Phi) is 4.85. The van der Waals surface area contributed by atoms with Crippen molar-refractivity contribution in [1.82, 2.24) is 0 Å². The Labute approximate surface area is 175 Å². The van der Waals surface area contributed by atoms with Gasteiger partial charge in [-0.2, -0.15) is 0 Å². The molecule has 1 spiro atoms. The number of aliphatic hydroxyl groups is 1. The van der Waals surface area contributed by atoms with E-state index in [4.69, 9.17) is 4.74 Å². The molecular formula is C25H38O4. The molecule has 29 heavy (non-hydrogen) atoms. The van der Waals surface area contributed by atoms with Crippen molar-refractivity contribution >= 4 is 11.8 Å². The second kappa shape index (κ2) is 6.67. The number of fused-ring (bicyclic) bond motifs is 3. The van der Waals surface area contributed by atoms with Crippen LogP contribution < -0.4 is 0 Å². The first-order valence-corrected chi connectivity index (χ1v) is 11.6. The molecule has 0 aromatic heterocycles. The number of Topliss-reactive ketones (excluding diaryl/α,β-unsaturated/α-hetero) is 1. The summed E-state index contributed by atoms with van der Waals surface area (Å²) in [6.07, 6.45) is 7.47. The molecule has 0 amide bonds. The van der Waals surface area contributed by atoms with E-state index in [0.717, 1.165) is 44.9 Å². The van der Waals surface area contributed by atoms with Crippen molar-refractivity contribution in [3.8, 4) is 0 Å². The maximum absolute atomic E-state index is 13.3. The highest BCUT2D eigenvalue weighted by molar-refractivity contribution is 6.04. The van der Waals surface area contributed by atoms with Gasteiger partial charge in [-0.1, -0.05) is 33.8 Å². The normalized spacial score (nSPS) is 46.4. The van der Waals surface area contributed by atoms with Gasteiger partial charge in [0.15, 0.2) is 5.78 Å². The van der Waals surface area contributed by atoms with Crippen molar-refractivity contribution in [2.75, 3.05) is 6.61 Å². The van der Waals surface area contributed by atoms with E-state index in [1.54, 1.807) is 0 Å². The summed E-state index contributed by atoms with van der Waals surface area (Å²) in [5, 5.41) is 11.0. The summed E-state index contributed by atoms with van der Waals surface area (Å²) < 4.78 is 5.78. The molecule has 4 aliphatic rings. The Morgan fingerprint density at radius 3 is 2.55 bits per heavy atom. The maximum Gasteiger partial charge on any atom is 0.312 e. The lowest BCUT2D eigenvalue weighted by Crippen LogP contribution is -2.60. The second-order valence-electron chi connectivity index (χ2n) is 11.4. The number of ether oxygens (including phenoxy) is 1. The number of hydrogen-bond acceptors (Lipinski definition) is 4. The molecular weight excluding hydrogens is 364 g/mol. The van der Waals surface area contributed by atoms with Crippen LogP contribution in [-0.2, 0) is 14.3 Å². The average molecular weight is 403 g/mol. The topological polar surface area (TPSA) is 63.6 Å². The van der Waals surface area contributed by atoms with Crippen LogP contribution in [0.2, 0.25) is 0 Å². The molecule has 0 aromatic rings. The van der Waals surface area contributed by atoms with Gasteiger partial charge in [0.2, 0.25) is 0 Å². The number of rotatable bonds is 4. The lowest BCUT2D eigenvalue weighted by Gasteiger charge is -2.63. The highest BCUT2D eigenvalue weighted by Crippen LogP contribution is 2.71. The fourth-order valence-electron chi connectivity index (χ4n) is 7.91. The van der Waals surface area contributed by atoms with Gasteiger partial charge in [0.05, 0.1) is 17.6 Å². The fraction of sp³-hybridized carbons (Fsp3) is 0.840. The standard InChI is InChI=1S/C25H38O4/c1-16(2)9-14-29-21(27)23(5)11-6-10-22(4)18(23)7-12-24-15-25(28,13-8-19(22)24)17(3)20(24)26/h16,18-19,28H,3,6-15H2,1-2,4-5H3/t18-,19-,22+,23+,24+,25-/m0/s1. The first kappa shape index (κ1) is 21.1. The van der Waals surface area contributed by atoms with E-state index in [-0.39, 0.29) is 29.0 Å². The second-order valence-corrected chi connectivity index (χ2v) is 11.4. The van der Waals surface area contributed by atoms with E-state index in [9.17, 15) is 14.7 Å². The molecule has 4 rings (SSSR count). The van der Waals surface area contributed by atoms with Crippen LogP contribution in [0.25, 0.3) is 0 Å². The molecule has 4 heteroatoms. The molecule has 162 valence electrons. The predicted molar refractivity (Wildman–Crippen MR) is 112 cm³/mol. The van der Waals surface area contributed by atoms with E-state index in [2.05, 4.69) is 34.3 Å². The molecule has 4 fully saturated rings. The quantitative estimate of drug-likeness (QED) is 0.540. The number of ketones is 1. The number of carbonyl (C=O) groups is 2. The average Bonchev–Trinajstić information content (AvgIpc) is 2.78. The molecule has 4 aliphatic carbocycles. The van der Waals surface area contributed by atoms with Gasteiger partial charge in [-0.05, 0) is 81.5 Å². The molecule has 0 saturated heterocycles. The minimum Gasteiger partial charge on any atom is -0.465 e. The van der Waals surface area contributed by atoms with Gasteiger partial charge < -0.3 is 9.84 Å². The van der Waals surface area contributed by atoms with E-state index >= 15 is 0 Å². The number of carbonyl (C=O) groups excluding carboxylic acids is 2. The Balaban J connectivity index is 1.63. The summed E-state index contributed by atoms with van der Waals surface area (Å²) in [6, 6.07) is 0. The molecule has 1 N–H and O–H groups in total. The largest absolute Gasteiger partial charge is 0.465 e. The third-order valence-corrected chi connectivity index (χ3v) is 9.46. The molecule has 0 radical (unpaired) electrons. The van der Waals surface area contributed by atoms with Crippen LogP contribution in [0.3, 0.4) is 0 Å². The summed E-state index contributed by atoms with van der Waals surface area (Å²) >= 11 is 0. The van der Waals surface area contributed by atoms with E-state index in [1.165, 1.54) is 0 Å². The first-order valence-electron chi connectivity index (χ1n) is 11.6. The van der Waals surface area contributed by atoms with Crippen molar-refractivity contribution in [2.45, 2.75) is 91.1 Å². The minimum atomic E-state index is -0.996. The highest BCUT2D eigenvalue weighted by atomic mass is 16.5. The summed E-state index contributed by atoms with van der Waals surface area (Å²) in [5.74, 6) is 1.04. The zero-order valence-corrected chi connectivity index (χ0v) is 18.7. The van der Waals surface area contributed by atoms with Crippen molar-refractivity contribution < 1.29 is 19.4 Å². The zero-order valence-electron chi connectivity index (χ0n) is 18.7. The van der Waals surface area contributed by atoms with Crippen molar-refractivity contribution in [3.05, 3.63) is 12.2 Å². The van der Waals surface area contributed by atoms with Crippen LogP contribution in [0.5, 0.6) is 0 Å². The minimum absolute atomic E-state index is 0.0421. The van der Waals surface area contributed by atoms with Gasteiger partial charge in [0, 0.05) is 11.0 Å². The smallest absolute Gasteiger partial charge is 0.312 e. The van der Waals surface area contributed by atoms with Gasteiger partial charge in [0.1, 0.15) is 0 Å². The zero-order chi connectivity index (χ0) is 21.2. The predicted octanol–water partition coefficient (Wildman–Crippen LogP) is 4.84. The van der Waals surface area contributed by atoms with Gasteiger partial charge in [-0.25, -0.2) is 0 Å². The van der Waals surface area contributed by atoms with Gasteiger partial charge in [0.25, 0.3) is 0 Å². The van der Waals surface area contributed by atoms with Gasteiger partial charge in [-0.15, -0.1) is 0 Å². The Bertz CT molecular complexity index is 741. The third-order valence-electron chi connectivity index (χ3n) is 9.46. The van der Waals surface area contributed by atoms with Crippen LogP contribution in [0.4, 0.5) is 0 Å². The van der Waals surface area contributed by atoms with E-state index in [0.29, 0.717) is 30.9 Å². The van der Waals surface area contributed by atoms with E-state index in [1.807, 2.05) is 0 Å². The lowest BCUT2D eigenvalue weighted by molar-refractivity contribution is -0.191. The fourth-order valence-corrected chi connectivity index (χ4v) is 7.91. The van der Waals surface area contributed by atoms with Crippen LogP contribution in [0.15, 0.2) is 12.2 Å². The van der Waals surface area contributed by atoms with Crippen molar-refractivity contribution in [2.24, 2.45) is 34.0 Å². The molecule has 0 aromatic carbocycles.